The topological polar surface area (TPSA) is 30.3 Å². The van der Waals surface area contributed by atoms with Crippen LogP contribution in [0.4, 0.5) is 0 Å². The van der Waals surface area contributed by atoms with Gasteiger partial charge in [0.1, 0.15) is 0 Å². The van der Waals surface area contributed by atoms with Crippen LogP contribution in [0.15, 0.2) is 0 Å². The zero-order chi connectivity index (χ0) is 9.26. The van der Waals surface area contributed by atoms with Gasteiger partial charge in [0.25, 0.3) is 0 Å². The van der Waals surface area contributed by atoms with Crippen molar-refractivity contribution in [3.63, 3.8) is 0 Å². The summed E-state index contributed by atoms with van der Waals surface area (Å²) in [5.74, 6) is 1.74. The Morgan fingerprint density at radius 2 is 1.85 bits per heavy atom. The van der Waals surface area contributed by atoms with Gasteiger partial charge in [-0.3, -0.25) is 5.41 Å². The van der Waals surface area contributed by atoms with E-state index in [9.17, 15) is 0 Å². The Morgan fingerprint density at radius 1 is 1.23 bits per heavy atom. The van der Waals surface area contributed by atoms with Gasteiger partial charge in [-0.05, 0) is 25.8 Å². The third-order valence-electron chi connectivity index (χ3n) is 3.06. The molecule has 74 valence electrons. The molecule has 1 heterocycles. The highest BCUT2D eigenvalue weighted by Crippen LogP contribution is 2.32. The normalized spacial score (nSPS) is 24.8. The lowest BCUT2D eigenvalue weighted by Crippen LogP contribution is -2.46. The highest BCUT2D eigenvalue weighted by molar-refractivity contribution is 5.79. The van der Waals surface area contributed by atoms with Crippen molar-refractivity contribution in [1.82, 2.24) is 9.80 Å². The Kier molecular flexibility index (Phi) is 2.54. The molecule has 1 saturated carbocycles. The van der Waals surface area contributed by atoms with Gasteiger partial charge >= 0.3 is 0 Å². The standard InChI is InChI=1S/C10H19N3/c1-12-4-6-13(7-5-12)10(11)8-9-2-3-9/h9,11H,2-8H2,1H3. The summed E-state index contributed by atoms with van der Waals surface area (Å²) < 4.78 is 0. The van der Waals surface area contributed by atoms with Crippen molar-refractivity contribution in [2.75, 3.05) is 33.2 Å². The van der Waals surface area contributed by atoms with E-state index in [1.54, 1.807) is 0 Å². The Bertz CT molecular complexity index is 190. The SMILES string of the molecule is CN1CCN(C(=N)CC2CC2)CC1. The third kappa shape index (κ3) is 2.44. The Balaban J connectivity index is 1.75. The Labute approximate surface area is 80.2 Å². The first-order valence-electron chi connectivity index (χ1n) is 5.26. The highest BCUT2D eigenvalue weighted by Gasteiger charge is 2.25. The highest BCUT2D eigenvalue weighted by atomic mass is 15.3. The molecule has 0 bridgehead atoms. The number of likely N-dealkylation sites (N-methyl/N-ethyl adjacent to an activating group) is 1. The van der Waals surface area contributed by atoms with Gasteiger partial charge < -0.3 is 9.80 Å². The van der Waals surface area contributed by atoms with E-state index in [1.165, 1.54) is 12.8 Å². The van der Waals surface area contributed by atoms with E-state index in [0.29, 0.717) is 0 Å². The molecule has 0 spiro atoms. The molecule has 0 radical (unpaired) electrons. The largest absolute Gasteiger partial charge is 0.358 e. The summed E-state index contributed by atoms with van der Waals surface area (Å²) in [5.41, 5.74) is 0. The molecule has 0 aromatic carbocycles. The van der Waals surface area contributed by atoms with Gasteiger partial charge in [-0.25, -0.2) is 0 Å². The quantitative estimate of drug-likeness (QED) is 0.509. The lowest BCUT2D eigenvalue weighted by molar-refractivity contribution is 0.212. The first-order valence-corrected chi connectivity index (χ1v) is 5.26. The molecule has 2 fully saturated rings. The monoisotopic (exact) mass is 181 g/mol. The van der Waals surface area contributed by atoms with Crippen LogP contribution in [0, 0.1) is 11.3 Å². The predicted molar refractivity (Wildman–Crippen MR) is 54.1 cm³/mol. The van der Waals surface area contributed by atoms with Crippen molar-refractivity contribution >= 4 is 5.84 Å². The zero-order valence-electron chi connectivity index (χ0n) is 8.42. The van der Waals surface area contributed by atoms with Crippen LogP contribution in [0.5, 0.6) is 0 Å². The van der Waals surface area contributed by atoms with Gasteiger partial charge in [0, 0.05) is 32.6 Å². The van der Waals surface area contributed by atoms with E-state index < -0.39 is 0 Å². The summed E-state index contributed by atoms with van der Waals surface area (Å²) in [4.78, 5) is 4.58. The molecule has 1 aliphatic heterocycles. The average Bonchev–Trinajstić information content (AvgIpc) is 2.89. The number of amidine groups is 1. The van der Waals surface area contributed by atoms with Crippen LogP contribution < -0.4 is 0 Å². The molecule has 3 nitrogen and oxygen atoms in total. The lowest BCUT2D eigenvalue weighted by Gasteiger charge is -2.34. The molecule has 1 saturated heterocycles. The average molecular weight is 181 g/mol. The minimum Gasteiger partial charge on any atom is -0.358 e. The van der Waals surface area contributed by atoms with Gasteiger partial charge in [0.15, 0.2) is 0 Å². The maximum absolute atomic E-state index is 7.93. The summed E-state index contributed by atoms with van der Waals surface area (Å²) >= 11 is 0. The second-order valence-electron chi connectivity index (χ2n) is 4.38. The van der Waals surface area contributed by atoms with Gasteiger partial charge in [0.05, 0.1) is 5.84 Å². The van der Waals surface area contributed by atoms with E-state index in [-0.39, 0.29) is 0 Å². The van der Waals surface area contributed by atoms with E-state index >= 15 is 0 Å². The maximum atomic E-state index is 7.93. The minimum atomic E-state index is 0.854. The smallest absolute Gasteiger partial charge is 0.0961 e. The van der Waals surface area contributed by atoms with Crippen molar-refractivity contribution in [3.8, 4) is 0 Å². The summed E-state index contributed by atoms with van der Waals surface area (Å²) in [6, 6.07) is 0. The number of hydrogen-bond donors (Lipinski definition) is 1. The van der Waals surface area contributed by atoms with Crippen molar-refractivity contribution in [2.45, 2.75) is 19.3 Å². The molecule has 0 aromatic rings. The van der Waals surface area contributed by atoms with E-state index in [4.69, 9.17) is 5.41 Å². The fourth-order valence-electron chi connectivity index (χ4n) is 1.80. The van der Waals surface area contributed by atoms with Crippen LogP contribution in [-0.4, -0.2) is 48.9 Å². The first-order chi connectivity index (χ1) is 6.25. The van der Waals surface area contributed by atoms with E-state index in [2.05, 4.69) is 16.8 Å². The van der Waals surface area contributed by atoms with E-state index in [0.717, 1.165) is 44.4 Å². The molecular formula is C10H19N3. The number of rotatable bonds is 2. The van der Waals surface area contributed by atoms with Crippen LogP contribution in [0.3, 0.4) is 0 Å². The Hall–Kier alpha value is -0.570. The molecule has 0 amide bonds. The fraction of sp³-hybridized carbons (Fsp3) is 0.900. The molecule has 0 atom stereocenters. The van der Waals surface area contributed by atoms with Crippen LogP contribution in [0.25, 0.3) is 0 Å². The second kappa shape index (κ2) is 3.66. The molecule has 0 unspecified atom stereocenters. The molecule has 1 aliphatic carbocycles. The van der Waals surface area contributed by atoms with Crippen molar-refractivity contribution < 1.29 is 0 Å². The summed E-state index contributed by atoms with van der Waals surface area (Å²) in [6.07, 6.45) is 3.75. The van der Waals surface area contributed by atoms with Crippen LogP contribution in [0.1, 0.15) is 19.3 Å². The molecule has 2 aliphatic rings. The summed E-state index contributed by atoms with van der Waals surface area (Å²) in [5, 5.41) is 7.93. The number of nitrogens with one attached hydrogen (secondary N) is 1. The van der Waals surface area contributed by atoms with Crippen molar-refractivity contribution in [1.29, 1.82) is 5.41 Å². The molecule has 13 heavy (non-hydrogen) atoms. The number of piperazine rings is 1. The van der Waals surface area contributed by atoms with Crippen LogP contribution in [0.2, 0.25) is 0 Å². The second-order valence-corrected chi connectivity index (χ2v) is 4.38. The Morgan fingerprint density at radius 3 is 2.38 bits per heavy atom. The van der Waals surface area contributed by atoms with Crippen molar-refractivity contribution in [2.24, 2.45) is 5.92 Å². The number of hydrogen-bond acceptors (Lipinski definition) is 2. The van der Waals surface area contributed by atoms with Crippen LogP contribution in [-0.2, 0) is 0 Å². The number of nitrogens with zero attached hydrogens (tertiary/aromatic N) is 2. The third-order valence-corrected chi connectivity index (χ3v) is 3.06. The predicted octanol–water partition coefficient (Wildman–Crippen LogP) is 1.01. The zero-order valence-corrected chi connectivity index (χ0v) is 8.42. The first kappa shape index (κ1) is 9.00. The molecule has 2 rings (SSSR count). The minimum absolute atomic E-state index is 0.854. The molecule has 3 heteroatoms. The molecular weight excluding hydrogens is 162 g/mol. The maximum Gasteiger partial charge on any atom is 0.0961 e. The van der Waals surface area contributed by atoms with Crippen LogP contribution >= 0.6 is 0 Å². The van der Waals surface area contributed by atoms with Gasteiger partial charge in [-0.15, -0.1) is 0 Å². The summed E-state index contributed by atoms with van der Waals surface area (Å²) in [6.45, 7) is 4.35. The lowest BCUT2D eigenvalue weighted by atomic mass is 10.2. The van der Waals surface area contributed by atoms with Crippen molar-refractivity contribution in [3.05, 3.63) is 0 Å². The fourth-order valence-corrected chi connectivity index (χ4v) is 1.80. The van der Waals surface area contributed by atoms with Gasteiger partial charge in [0.2, 0.25) is 0 Å². The molecule has 0 aromatic heterocycles. The summed E-state index contributed by atoms with van der Waals surface area (Å²) in [7, 11) is 2.15. The molecule has 1 N–H and O–H groups in total. The van der Waals surface area contributed by atoms with Gasteiger partial charge in [-0.2, -0.15) is 0 Å². The van der Waals surface area contributed by atoms with E-state index in [1.807, 2.05) is 0 Å². The van der Waals surface area contributed by atoms with Gasteiger partial charge in [-0.1, -0.05) is 0 Å².